The van der Waals surface area contributed by atoms with Crippen molar-refractivity contribution < 1.29 is 4.79 Å². The molecule has 0 unspecified atom stereocenters. The van der Waals surface area contributed by atoms with Crippen LogP contribution in [0.2, 0.25) is 5.02 Å². The van der Waals surface area contributed by atoms with Crippen LogP contribution in [0.15, 0.2) is 24.3 Å². The third kappa shape index (κ3) is 2.84. The zero-order valence-electron chi connectivity index (χ0n) is 9.80. The van der Waals surface area contributed by atoms with E-state index in [1.807, 2.05) is 12.1 Å². The standard InChI is InChI=1S/C11H12ClN5O/c1-2-11(18)13-7-10-14-15-16-17(10)9-5-3-8(12)4-6-9/h3-6H,2,7H2,1H3,(H,13,18). The monoisotopic (exact) mass is 265 g/mol. The van der Waals surface area contributed by atoms with Gasteiger partial charge in [-0.15, -0.1) is 5.10 Å². The Hall–Kier alpha value is -1.95. The fourth-order valence-corrected chi connectivity index (χ4v) is 1.53. The van der Waals surface area contributed by atoms with Crippen molar-refractivity contribution in [2.45, 2.75) is 19.9 Å². The molecule has 1 aromatic heterocycles. The Bertz CT molecular complexity index is 537. The molecule has 1 N–H and O–H groups in total. The molecule has 94 valence electrons. The van der Waals surface area contributed by atoms with Crippen molar-refractivity contribution in [1.29, 1.82) is 0 Å². The highest BCUT2D eigenvalue weighted by Crippen LogP contribution is 2.13. The number of amides is 1. The highest BCUT2D eigenvalue weighted by Gasteiger charge is 2.08. The fourth-order valence-electron chi connectivity index (χ4n) is 1.40. The SMILES string of the molecule is CCC(=O)NCc1nnnn1-c1ccc(Cl)cc1. The van der Waals surface area contributed by atoms with Gasteiger partial charge >= 0.3 is 0 Å². The topological polar surface area (TPSA) is 72.7 Å². The number of tetrazole rings is 1. The lowest BCUT2D eigenvalue weighted by Gasteiger charge is -2.05. The number of halogens is 1. The summed E-state index contributed by atoms with van der Waals surface area (Å²) in [4.78, 5) is 11.2. The molecule has 0 spiro atoms. The van der Waals surface area contributed by atoms with Crippen molar-refractivity contribution in [3.8, 4) is 5.69 Å². The molecule has 1 amide bonds. The Morgan fingerprint density at radius 3 is 2.78 bits per heavy atom. The van der Waals surface area contributed by atoms with Gasteiger partial charge in [-0.05, 0) is 34.7 Å². The summed E-state index contributed by atoms with van der Waals surface area (Å²) in [5.41, 5.74) is 0.796. The normalized spacial score (nSPS) is 10.3. The van der Waals surface area contributed by atoms with Crippen LogP contribution in [0.1, 0.15) is 19.2 Å². The van der Waals surface area contributed by atoms with Gasteiger partial charge in [-0.1, -0.05) is 18.5 Å². The van der Waals surface area contributed by atoms with E-state index < -0.39 is 0 Å². The average Bonchev–Trinajstić information content (AvgIpc) is 2.85. The minimum Gasteiger partial charge on any atom is -0.349 e. The van der Waals surface area contributed by atoms with Crippen molar-refractivity contribution in [2.24, 2.45) is 0 Å². The molecule has 1 aromatic carbocycles. The molecule has 0 fully saturated rings. The van der Waals surface area contributed by atoms with Crippen LogP contribution in [0.25, 0.3) is 5.69 Å². The lowest BCUT2D eigenvalue weighted by atomic mass is 10.3. The van der Waals surface area contributed by atoms with E-state index in [2.05, 4.69) is 20.8 Å². The van der Waals surface area contributed by atoms with Gasteiger partial charge < -0.3 is 5.32 Å². The molecule has 2 aromatic rings. The molecule has 0 saturated heterocycles. The molecule has 0 saturated carbocycles. The van der Waals surface area contributed by atoms with Gasteiger partial charge in [-0.25, -0.2) is 0 Å². The van der Waals surface area contributed by atoms with Gasteiger partial charge in [0.15, 0.2) is 5.82 Å². The predicted octanol–water partition coefficient (Wildman–Crippen LogP) is 1.34. The van der Waals surface area contributed by atoms with Crippen LogP contribution < -0.4 is 5.32 Å². The maximum Gasteiger partial charge on any atom is 0.220 e. The largest absolute Gasteiger partial charge is 0.349 e. The number of benzene rings is 1. The number of hydrogen-bond donors (Lipinski definition) is 1. The van der Waals surface area contributed by atoms with Gasteiger partial charge in [0.2, 0.25) is 5.91 Å². The molecule has 0 atom stereocenters. The second kappa shape index (κ2) is 5.59. The Morgan fingerprint density at radius 2 is 2.11 bits per heavy atom. The Kier molecular flexibility index (Phi) is 3.88. The molecular weight excluding hydrogens is 254 g/mol. The second-order valence-corrected chi connectivity index (χ2v) is 4.05. The molecular formula is C11H12ClN5O. The zero-order chi connectivity index (χ0) is 13.0. The maximum absolute atomic E-state index is 11.2. The minimum absolute atomic E-state index is 0.0411. The summed E-state index contributed by atoms with van der Waals surface area (Å²) in [7, 11) is 0. The summed E-state index contributed by atoms with van der Waals surface area (Å²) in [6.45, 7) is 2.08. The van der Waals surface area contributed by atoms with Crippen LogP contribution in [0.3, 0.4) is 0 Å². The average molecular weight is 266 g/mol. The first kappa shape index (κ1) is 12.5. The van der Waals surface area contributed by atoms with Crippen molar-refractivity contribution >= 4 is 17.5 Å². The van der Waals surface area contributed by atoms with Crippen molar-refractivity contribution in [3.05, 3.63) is 35.1 Å². The summed E-state index contributed by atoms with van der Waals surface area (Å²) in [6.07, 6.45) is 0.433. The van der Waals surface area contributed by atoms with Gasteiger partial charge in [0.25, 0.3) is 0 Å². The number of nitrogens with one attached hydrogen (secondary N) is 1. The Morgan fingerprint density at radius 1 is 1.39 bits per heavy atom. The van der Waals surface area contributed by atoms with Crippen LogP contribution in [0, 0.1) is 0 Å². The predicted molar refractivity (Wildman–Crippen MR) is 66.3 cm³/mol. The summed E-state index contributed by atoms with van der Waals surface area (Å²) in [5.74, 6) is 0.528. The van der Waals surface area contributed by atoms with Crippen LogP contribution in [0.5, 0.6) is 0 Å². The first-order chi connectivity index (χ1) is 8.70. The first-order valence-corrected chi connectivity index (χ1v) is 5.88. The summed E-state index contributed by atoms with van der Waals surface area (Å²) in [5, 5.41) is 14.7. The highest BCUT2D eigenvalue weighted by atomic mass is 35.5. The fraction of sp³-hybridized carbons (Fsp3) is 0.273. The van der Waals surface area contributed by atoms with E-state index in [9.17, 15) is 4.79 Å². The second-order valence-electron chi connectivity index (χ2n) is 3.61. The number of nitrogens with zero attached hydrogens (tertiary/aromatic N) is 4. The number of carbonyl (C=O) groups is 1. The van der Waals surface area contributed by atoms with E-state index in [4.69, 9.17) is 11.6 Å². The van der Waals surface area contributed by atoms with Crippen molar-refractivity contribution in [2.75, 3.05) is 0 Å². The van der Waals surface area contributed by atoms with Crippen LogP contribution >= 0.6 is 11.6 Å². The number of carbonyl (C=O) groups excluding carboxylic acids is 1. The number of hydrogen-bond acceptors (Lipinski definition) is 4. The van der Waals surface area contributed by atoms with Gasteiger partial charge in [0.05, 0.1) is 12.2 Å². The Balaban J connectivity index is 2.17. The maximum atomic E-state index is 11.2. The molecule has 0 aliphatic carbocycles. The van der Waals surface area contributed by atoms with E-state index in [0.29, 0.717) is 23.8 Å². The molecule has 7 heteroatoms. The van der Waals surface area contributed by atoms with E-state index in [1.165, 1.54) is 0 Å². The molecule has 0 aliphatic rings. The van der Waals surface area contributed by atoms with Crippen LogP contribution in [-0.2, 0) is 11.3 Å². The third-order valence-electron chi connectivity index (χ3n) is 2.37. The Labute approximate surface area is 109 Å². The lowest BCUT2D eigenvalue weighted by molar-refractivity contribution is -0.120. The van der Waals surface area contributed by atoms with Gasteiger partial charge in [0.1, 0.15) is 0 Å². The summed E-state index contributed by atoms with van der Waals surface area (Å²) in [6, 6.07) is 7.13. The van der Waals surface area contributed by atoms with Crippen LogP contribution in [-0.4, -0.2) is 26.1 Å². The van der Waals surface area contributed by atoms with Gasteiger partial charge in [-0.2, -0.15) is 4.68 Å². The molecule has 1 heterocycles. The summed E-state index contributed by atoms with van der Waals surface area (Å²) >= 11 is 5.82. The first-order valence-electron chi connectivity index (χ1n) is 5.50. The van der Waals surface area contributed by atoms with E-state index in [-0.39, 0.29) is 5.91 Å². The van der Waals surface area contributed by atoms with E-state index in [0.717, 1.165) is 5.69 Å². The molecule has 18 heavy (non-hydrogen) atoms. The van der Waals surface area contributed by atoms with Crippen LogP contribution in [0.4, 0.5) is 0 Å². The molecule has 6 nitrogen and oxygen atoms in total. The highest BCUT2D eigenvalue weighted by molar-refractivity contribution is 6.30. The zero-order valence-corrected chi connectivity index (χ0v) is 10.6. The smallest absolute Gasteiger partial charge is 0.220 e. The molecule has 2 rings (SSSR count). The van der Waals surface area contributed by atoms with E-state index in [1.54, 1.807) is 23.7 Å². The van der Waals surface area contributed by atoms with Gasteiger partial charge in [-0.3, -0.25) is 4.79 Å². The lowest BCUT2D eigenvalue weighted by Crippen LogP contribution is -2.23. The van der Waals surface area contributed by atoms with Crippen molar-refractivity contribution in [3.63, 3.8) is 0 Å². The van der Waals surface area contributed by atoms with Crippen molar-refractivity contribution in [1.82, 2.24) is 25.5 Å². The number of rotatable bonds is 4. The third-order valence-corrected chi connectivity index (χ3v) is 2.62. The molecule has 0 radical (unpaired) electrons. The quantitative estimate of drug-likeness (QED) is 0.905. The summed E-state index contributed by atoms with van der Waals surface area (Å²) < 4.78 is 1.56. The molecule has 0 bridgehead atoms. The van der Waals surface area contributed by atoms with E-state index >= 15 is 0 Å². The van der Waals surface area contributed by atoms with Gasteiger partial charge in [0, 0.05) is 11.4 Å². The molecule has 0 aliphatic heterocycles. The minimum atomic E-state index is -0.0411. The number of aromatic nitrogens is 4.